The summed E-state index contributed by atoms with van der Waals surface area (Å²) in [6, 6.07) is 1.19. The topological polar surface area (TPSA) is 127 Å². The zero-order valence-corrected chi connectivity index (χ0v) is 10.6. The van der Waals surface area contributed by atoms with Gasteiger partial charge >= 0.3 is 10.4 Å². The maximum Gasteiger partial charge on any atom is 0.394 e. The number of hydrogen-bond donors (Lipinski definition) is 4. The molecule has 0 saturated heterocycles. The Labute approximate surface area is 98.3 Å². The summed E-state index contributed by atoms with van der Waals surface area (Å²) in [5.41, 5.74) is 11.2. The van der Waals surface area contributed by atoms with Gasteiger partial charge in [0.1, 0.15) is 0 Å². The minimum Gasteiger partial charge on any atom is -0.479 e. The second kappa shape index (κ2) is 7.73. The van der Waals surface area contributed by atoms with E-state index in [4.69, 9.17) is 29.0 Å². The molecule has 0 amide bonds. The maximum atomic E-state index is 8.74. The summed E-state index contributed by atoms with van der Waals surface area (Å²) in [5.74, 6) is 0. The molecular formula is C6H15N2O4PtS-. The van der Waals surface area contributed by atoms with Crippen LogP contribution in [0.1, 0.15) is 25.7 Å². The summed E-state index contributed by atoms with van der Waals surface area (Å²) in [6.45, 7) is 0. The minimum absolute atomic E-state index is 0. The summed E-state index contributed by atoms with van der Waals surface area (Å²) in [5, 5.41) is 0. The Balaban J connectivity index is 0. The third kappa shape index (κ3) is 12.5. The number of rotatable bonds is 0. The van der Waals surface area contributed by atoms with E-state index in [9.17, 15) is 0 Å². The van der Waals surface area contributed by atoms with E-state index in [1.165, 1.54) is 12.8 Å². The molecule has 6 nitrogen and oxygen atoms in total. The van der Waals surface area contributed by atoms with Crippen molar-refractivity contribution in [3.8, 4) is 0 Å². The standard InChI is InChI=1S/C6H13N2.H2O4S.Pt/c7-5-3-1-2-4-6(5)8;1-5(2,3)4;/h5H,1-4,7-8H2;(H2,1,2,3,4);/q-1;;/t5-;;/m1../s1. The Kier molecular flexibility index (Phi) is 9.33. The van der Waals surface area contributed by atoms with Crippen LogP contribution in [0.25, 0.3) is 0 Å². The molecule has 8 heteroatoms. The van der Waals surface area contributed by atoms with Crippen LogP contribution in [0.4, 0.5) is 0 Å². The fraction of sp³-hybridized carbons (Fsp3) is 0.833. The third-order valence-corrected chi connectivity index (χ3v) is 1.71. The van der Waals surface area contributed by atoms with Crippen molar-refractivity contribution >= 4 is 10.4 Å². The molecule has 0 aromatic rings. The smallest absolute Gasteiger partial charge is 0.394 e. The van der Waals surface area contributed by atoms with Gasteiger partial charge in [-0.1, -0.05) is 19.3 Å². The van der Waals surface area contributed by atoms with E-state index in [-0.39, 0.29) is 27.1 Å². The van der Waals surface area contributed by atoms with Crippen molar-refractivity contribution < 1.29 is 38.6 Å². The van der Waals surface area contributed by atoms with Crippen LogP contribution in [0, 0.1) is 6.04 Å². The van der Waals surface area contributed by atoms with Gasteiger partial charge in [-0.15, -0.1) is 6.04 Å². The molecule has 1 aliphatic carbocycles. The average Bonchev–Trinajstić information content (AvgIpc) is 1.92. The zero-order chi connectivity index (χ0) is 10.5. The molecule has 1 atom stereocenters. The predicted octanol–water partition coefficient (Wildman–Crippen LogP) is -0.277. The SMILES string of the molecule is N[C-]1CCCC[C@H]1N.O=S(=O)(O)O.[Pt]. The first kappa shape index (κ1) is 16.9. The van der Waals surface area contributed by atoms with Crippen molar-refractivity contribution in [2.24, 2.45) is 11.5 Å². The Hall–Kier alpha value is 0.478. The van der Waals surface area contributed by atoms with Crippen molar-refractivity contribution in [1.29, 1.82) is 0 Å². The molecule has 0 aliphatic heterocycles. The molecular weight excluding hydrogens is 391 g/mol. The van der Waals surface area contributed by atoms with Crippen LogP contribution in [-0.4, -0.2) is 23.6 Å². The molecule has 1 aliphatic rings. The second-order valence-corrected chi connectivity index (χ2v) is 3.77. The Bertz CT molecular complexity index is 216. The molecule has 1 saturated carbocycles. The van der Waals surface area contributed by atoms with Gasteiger partial charge in [-0.05, 0) is 0 Å². The quantitative estimate of drug-likeness (QED) is 0.324. The van der Waals surface area contributed by atoms with Gasteiger partial charge in [0.25, 0.3) is 0 Å². The van der Waals surface area contributed by atoms with Crippen LogP contribution >= 0.6 is 0 Å². The zero-order valence-electron chi connectivity index (χ0n) is 7.50. The number of nitrogens with two attached hydrogens (primary N) is 2. The van der Waals surface area contributed by atoms with Crippen LogP contribution < -0.4 is 11.5 Å². The largest absolute Gasteiger partial charge is 0.479 e. The van der Waals surface area contributed by atoms with E-state index in [0.717, 1.165) is 18.9 Å². The first-order valence-corrected chi connectivity index (χ1v) is 5.27. The van der Waals surface area contributed by atoms with Gasteiger partial charge in [-0.2, -0.15) is 14.8 Å². The second-order valence-electron chi connectivity index (χ2n) is 2.88. The summed E-state index contributed by atoms with van der Waals surface area (Å²) >= 11 is 0. The molecule has 0 spiro atoms. The fourth-order valence-corrected chi connectivity index (χ4v) is 1.06. The monoisotopic (exact) mass is 406 g/mol. The van der Waals surface area contributed by atoms with Crippen molar-refractivity contribution in [2.75, 3.05) is 0 Å². The average molecular weight is 406 g/mol. The Morgan fingerprint density at radius 3 is 1.93 bits per heavy atom. The minimum atomic E-state index is -4.67. The molecule has 1 rings (SSSR count). The molecule has 90 valence electrons. The molecule has 1 fully saturated rings. The molecule has 6 N–H and O–H groups in total. The van der Waals surface area contributed by atoms with E-state index in [1.807, 2.05) is 0 Å². The Morgan fingerprint density at radius 1 is 1.29 bits per heavy atom. The Morgan fingerprint density at radius 2 is 1.71 bits per heavy atom. The molecule has 0 aromatic carbocycles. The van der Waals surface area contributed by atoms with Crippen molar-refractivity contribution in [3.63, 3.8) is 0 Å². The van der Waals surface area contributed by atoms with Crippen LogP contribution in [0.3, 0.4) is 0 Å². The van der Waals surface area contributed by atoms with E-state index in [1.54, 1.807) is 0 Å². The molecule has 0 bridgehead atoms. The van der Waals surface area contributed by atoms with Crippen molar-refractivity contribution in [1.82, 2.24) is 0 Å². The predicted molar refractivity (Wildman–Crippen MR) is 48.1 cm³/mol. The van der Waals surface area contributed by atoms with Crippen LogP contribution in [0.15, 0.2) is 0 Å². The van der Waals surface area contributed by atoms with Crippen LogP contribution in [-0.2, 0) is 31.5 Å². The molecule has 14 heavy (non-hydrogen) atoms. The first-order chi connectivity index (χ1) is 5.80. The summed E-state index contributed by atoms with van der Waals surface area (Å²) < 4.78 is 31.6. The van der Waals surface area contributed by atoms with Gasteiger partial charge in [0.05, 0.1) is 0 Å². The first-order valence-electron chi connectivity index (χ1n) is 3.87. The molecule has 0 heterocycles. The summed E-state index contributed by atoms with van der Waals surface area (Å²) in [7, 11) is -4.67. The molecule has 0 aromatic heterocycles. The van der Waals surface area contributed by atoms with Crippen molar-refractivity contribution in [2.45, 2.75) is 31.7 Å². The van der Waals surface area contributed by atoms with Gasteiger partial charge in [-0.3, -0.25) is 9.11 Å². The summed E-state index contributed by atoms with van der Waals surface area (Å²) in [6.07, 6.45) is 4.62. The van der Waals surface area contributed by atoms with Gasteiger partial charge in [0.15, 0.2) is 0 Å². The molecule has 0 radical (unpaired) electrons. The van der Waals surface area contributed by atoms with E-state index < -0.39 is 10.4 Å². The van der Waals surface area contributed by atoms with Gasteiger partial charge in [0, 0.05) is 21.1 Å². The van der Waals surface area contributed by atoms with Gasteiger partial charge in [0.2, 0.25) is 0 Å². The summed E-state index contributed by atoms with van der Waals surface area (Å²) in [4.78, 5) is 0. The normalized spacial score (nSPS) is 23.0. The fourth-order valence-electron chi connectivity index (χ4n) is 1.06. The van der Waals surface area contributed by atoms with Gasteiger partial charge < -0.3 is 11.5 Å². The number of hydrogen-bond acceptors (Lipinski definition) is 4. The molecule has 0 unspecified atom stereocenters. The van der Waals surface area contributed by atoms with Crippen molar-refractivity contribution in [3.05, 3.63) is 6.04 Å². The van der Waals surface area contributed by atoms with Crippen LogP contribution in [0.2, 0.25) is 0 Å². The van der Waals surface area contributed by atoms with E-state index in [2.05, 4.69) is 0 Å². The van der Waals surface area contributed by atoms with E-state index >= 15 is 0 Å². The maximum absolute atomic E-state index is 8.74. The van der Waals surface area contributed by atoms with E-state index in [0.29, 0.717) is 0 Å². The van der Waals surface area contributed by atoms with Gasteiger partial charge in [-0.25, -0.2) is 6.04 Å². The third-order valence-electron chi connectivity index (χ3n) is 1.71. The van der Waals surface area contributed by atoms with Crippen LogP contribution in [0.5, 0.6) is 0 Å².